The van der Waals surface area contributed by atoms with E-state index >= 15 is 0 Å². The fourth-order valence-electron chi connectivity index (χ4n) is 2.93. The summed E-state index contributed by atoms with van der Waals surface area (Å²) in [6, 6.07) is 26.5. The summed E-state index contributed by atoms with van der Waals surface area (Å²) in [5.41, 5.74) is 4.42. The minimum atomic E-state index is -0.305. The van der Waals surface area contributed by atoms with Crippen molar-refractivity contribution in [2.75, 3.05) is 5.32 Å². The van der Waals surface area contributed by atoms with E-state index in [1.807, 2.05) is 42.5 Å². The molecule has 0 radical (unpaired) electrons. The van der Waals surface area contributed by atoms with E-state index in [0.29, 0.717) is 16.4 Å². The Kier molecular flexibility index (Phi) is 5.56. The second kappa shape index (κ2) is 8.43. The van der Waals surface area contributed by atoms with Crippen LogP contribution in [0.1, 0.15) is 10.4 Å². The number of carbonyl (C=O) groups excluding carboxylic acids is 1. The molecule has 0 saturated carbocycles. The van der Waals surface area contributed by atoms with Crippen LogP contribution in [-0.4, -0.2) is 16.1 Å². The standard InChI is InChI=1S/C23H15Cl2N3O/c24-20-11-10-18(23(29)26-22-13-12-21(25)27-28-22)14-19(20)17-8-6-16(7-9-17)15-4-2-1-3-5-15/h1-14H,(H,26,28,29). The molecule has 0 aliphatic carbocycles. The first-order valence-electron chi connectivity index (χ1n) is 8.86. The number of nitrogens with zero attached hydrogens (tertiary/aromatic N) is 2. The third-order valence-corrected chi connectivity index (χ3v) is 4.94. The van der Waals surface area contributed by atoms with Crippen LogP contribution < -0.4 is 5.32 Å². The van der Waals surface area contributed by atoms with Crippen molar-refractivity contribution in [2.24, 2.45) is 0 Å². The van der Waals surface area contributed by atoms with Crippen LogP contribution in [-0.2, 0) is 0 Å². The smallest absolute Gasteiger partial charge is 0.256 e. The molecule has 1 heterocycles. The topological polar surface area (TPSA) is 54.9 Å². The molecule has 0 fully saturated rings. The van der Waals surface area contributed by atoms with E-state index in [-0.39, 0.29) is 11.1 Å². The van der Waals surface area contributed by atoms with Gasteiger partial charge in [0.25, 0.3) is 5.91 Å². The van der Waals surface area contributed by atoms with Gasteiger partial charge in [-0.3, -0.25) is 4.79 Å². The van der Waals surface area contributed by atoms with E-state index in [2.05, 4.69) is 27.6 Å². The highest BCUT2D eigenvalue weighted by molar-refractivity contribution is 6.33. The quantitative estimate of drug-likeness (QED) is 0.417. The van der Waals surface area contributed by atoms with Crippen molar-refractivity contribution in [3.8, 4) is 22.3 Å². The van der Waals surface area contributed by atoms with E-state index in [1.165, 1.54) is 0 Å². The van der Waals surface area contributed by atoms with Crippen molar-refractivity contribution in [2.45, 2.75) is 0 Å². The van der Waals surface area contributed by atoms with Crippen LogP contribution in [0.4, 0.5) is 5.82 Å². The molecule has 4 nitrogen and oxygen atoms in total. The molecule has 0 saturated heterocycles. The second-order valence-electron chi connectivity index (χ2n) is 6.33. The number of anilines is 1. The maximum atomic E-state index is 12.6. The number of hydrogen-bond acceptors (Lipinski definition) is 3. The van der Waals surface area contributed by atoms with Crippen LogP contribution >= 0.6 is 23.2 Å². The number of rotatable bonds is 4. The first-order chi connectivity index (χ1) is 14.1. The highest BCUT2D eigenvalue weighted by Crippen LogP contribution is 2.31. The molecular formula is C23H15Cl2N3O. The fraction of sp³-hybridized carbons (Fsp3) is 0. The molecule has 29 heavy (non-hydrogen) atoms. The summed E-state index contributed by atoms with van der Waals surface area (Å²) in [5.74, 6) is 0.0172. The third-order valence-electron chi connectivity index (χ3n) is 4.41. The van der Waals surface area contributed by atoms with Gasteiger partial charge in [-0.15, -0.1) is 10.2 Å². The molecule has 0 spiro atoms. The Hall–Kier alpha value is -3.21. The molecule has 6 heteroatoms. The molecule has 1 aromatic heterocycles. The zero-order valence-corrected chi connectivity index (χ0v) is 16.7. The number of carbonyl (C=O) groups is 1. The first kappa shape index (κ1) is 19.1. The van der Waals surface area contributed by atoms with Crippen molar-refractivity contribution in [1.82, 2.24) is 10.2 Å². The average molecular weight is 420 g/mol. The predicted molar refractivity (Wildman–Crippen MR) is 117 cm³/mol. The van der Waals surface area contributed by atoms with E-state index in [9.17, 15) is 4.79 Å². The first-order valence-corrected chi connectivity index (χ1v) is 9.62. The van der Waals surface area contributed by atoms with Gasteiger partial charge in [0.15, 0.2) is 11.0 Å². The van der Waals surface area contributed by atoms with Crippen LogP contribution in [0, 0.1) is 0 Å². The summed E-state index contributed by atoms with van der Waals surface area (Å²) in [6.45, 7) is 0. The van der Waals surface area contributed by atoms with Gasteiger partial charge in [0.05, 0.1) is 0 Å². The lowest BCUT2D eigenvalue weighted by molar-refractivity contribution is 0.102. The van der Waals surface area contributed by atoms with Crippen LogP contribution in [0.15, 0.2) is 84.9 Å². The van der Waals surface area contributed by atoms with Crippen molar-refractivity contribution in [1.29, 1.82) is 0 Å². The van der Waals surface area contributed by atoms with Crippen LogP contribution in [0.5, 0.6) is 0 Å². The zero-order chi connectivity index (χ0) is 20.2. The number of nitrogens with one attached hydrogen (secondary N) is 1. The summed E-state index contributed by atoms with van der Waals surface area (Å²) in [5, 5.41) is 11.1. The molecular weight excluding hydrogens is 405 g/mol. The molecule has 4 aromatic rings. The molecule has 1 N–H and O–H groups in total. The summed E-state index contributed by atoms with van der Waals surface area (Å²) in [4.78, 5) is 12.6. The largest absolute Gasteiger partial charge is 0.305 e. The maximum absolute atomic E-state index is 12.6. The summed E-state index contributed by atoms with van der Waals surface area (Å²) >= 11 is 12.1. The van der Waals surface area contributed by atoms with Gasteiger partial charge in [0, 0.05) is 16.1 Å². The molecule has 3 aromatic carbocycles. The minimum absolute atomic E-state index is 0.260. The Balaban J connectivity index is 1.59. The predicted octanol–water partition coefficient (Wildman–Crippen LogP) is 6.37. The lowest BCUT2D eigenvalue weighted by Crippen LogP contribution is -2.13. The molecule has 0 unspecified atom stereocenters. The normalized spacial score (nSPS) is 10.6. The molecule has 142 valence electrons. The SMILES string of the molecule is O=C(Nc1ccc(Cl)nn1)c1ccc(Cl)c(-c2ccc(-c3ccccc3)cc2)c1. The number of amides is 1. The van der Waals surface area contributed by atoms with Gasteiger partial charge in [-0.1, -0.05) is 77.8 Å². The lowest BCUT2D eigenvalue weighted by atomic mass is 9.99. The van der Waals surface area contributed by atoms with Crippen LogP contribution in [0.2, 0.25) is 10.2 Å². The third kappa shape index (κ3) is 4.45. The van der Waals surface area contributed by atoms with E-state index < -0.39 is 0 Å². The molecule has 0 atom stereocenters. The van der Waals surface area contributed by atoms with Crippen LogP contribution in [0.3, 0.4) is 0 Å². The van der Waals surface area contributed by atoms with Gasteiger partial charge in [-0.05, 0) is 47.0 Å². The van der Waals surface area contributed by atoms with Gasteiger partial charge in [-0.2, -0.15) is 0 Å². The Morgan fingerprint density at radius 2 is 1.41 bits per heavy atom. The summed E-state index contributed by atoms with van der Waals surface area (Å²) in [6.07, 6.45) is 0. The molecule has 0 aliphatic rings. The number of benzene rings is 3. The Bertz CT molecular complexity index is 1150. The molecule has 0 bridgehead atoms. The Labute approximate surface area is 178 Å². The number of halogens is 2. The van der Waals surface area contributed by atoms with Gasteiger partial charge >= 0.3 is 0 Å². The maximum Gasteiger partial charge on any atom is 0.256 e. The van der Waals surface area contributed by atoms with E-state index in [4.69, 9.17) is 23.2 Å². The highest BCUT2D eigenvalue weighted by Gasteiger charge is 2.12. The second-order valence-corrected chi connectivity index (χ2v) is 7.13. The average Bonchev–Trinajstić information content (AvgIpc) is 2.76. The molecule has 0 aliphatic heterocycles. The summed E-state index contributed by atoms with van der Waals surface area (Å²) in [7, 11) is 0. The summed E-state index contributed by atoms with van der Waals surface area (Å²) < 4.78 is 0. The van der Waals surface area contributed by atoms with Gasteiger partial charge in [-0.25, -0.2) is 0 Å². The Morgan fingerprint density at radius 3 is 2.10 bits per heavy atom. The van der Waals surface area contributed by atoms with Crippen molar-refractivity contribution in [3.05, 3.63) is 101 Å². The molecule has 1 amide bonds. The van der Waals surface area contributed by atoms with Gasteiger partial charge < -0.3 is 5.32 Å². The molecule has 4 rings (SSSR count). The number of hydrogen-bond donors (Lipinski definition) is 1. The van der Waals surface area contributed by atoms with Gasteiger partial charge in [0.2, 0.25) is 0 Å². The highest BCUT2D eigenvalue weighted by atomic mass is 35.5. The van der Waals surface area contributed by atoms with Crippen molar-refractivity contribution >= 4 is 34.9 Å². The zero-order valence-electron chi connectivity index (χ0n) is 15.1. The van der Waals surface area contributed by atoms with Crippen LogP contribution in [0.25, 0.3) is 22.3 Å². The van der Waals surface area contributed by atoms with Gasteiger partial charge in [0.1, 0.15) is 0 Å². The fourth-order valence-corrected chi connectivity index (χ4v) is 3.26. The van der Waals surface area contributed by atoms with E-state index in [0.717, 1.165) is 22.3 Å². The Morgan fingerprint density at radius 1 is 0.724 bits per heavy atom. The van der Waals surface area contributed by atoms with Crippen molar-refractivity contribution in [3.63, 3.8) is 0 Å². The minimum Gasteiger partial charge on any atom is -0.305 e. The van der Waals surface area contributed by atoms with Crippen molar-refractivity contribution < 1.29 is 4.79 Å². The lowest BCUT2D eigenvalue weighted by Gasteiger charge is -2.10. The monoisotopic (exact) mass is 419 g/mol. The number of aromatic nitrogens is 2. The van der Waals surface area contributed by atoms with E-state index in [1.54, 1.807) is 30.3 Å².